The first-order valence-electron chi connectivity index (χ1n) is 6.38. The van der Waals surface area contributed by atoms with Crippen LogP contribution in [0, 0.1) is 23.7 Å². The SMILES string of the molecule is O=C(O)C1C2C=CC(C2)C1C(=O)Nc1cc(Cl)nc(Cl)n1. The highest BCUT2D eigenvalue weighted by atomic mass is 35.5. The molecule has 8 heteroatoms. The Morgan fingerprint density at radius 2 is 1.86 bits per heavy atom. The van der Waals surface area contributed by atoms with E-state index in [9.17, 15) is 14.7 Å². The largest absolute Gasteiger partial charge is 0.481 e. The summed E-state index contributed by atoms with van der Waals surface area (Å²) in [6.07, 6.45) is 4.49. The maximum absolute atomic E-state index is 12.4. The van der Waals surface area contributed by atoms with Crippen molar-refractivity contribution in [2.75, 3.05) is 5.32 Å². The molecule has 1 aromatic rings. The highest BCUT2D eigenvalue weighted by molar-refractivity contribution is 6.32. The number of carboxylic acid groups (broad SMARTS) is 1. The quantitative estimate of drug-likeness (QED) is 0.504. The van der Waals surface area contributed by atoms with Crippen molar-refractivity contribution in [3.05, 3.63) is 28.7 Å². The number of carbonyl (C=O) groups excluding carboxylic acids is 1. The minimum Gasteiger partial charge on any atom is -0.481 e. The molecule has 6 nitrogen and oxygen atoms in total. The number of rotatable bonds is 3. The molecule has 0 aromatic carbocycles. The Hall–Kier alpha value is -1.66. The lowest BCUT2D eigenvalue weighted by atomic mass is 9.82. The third kappa shape index (κ3) is 2.61. The van der Waals surface area contributed by atoms with Gasteiger partial charge >= 0.3 is 5.97 Å². The maximum Gasteiger partial charge on any atom is 0.307 e. The van der Waals surface area contributed by atoms with Crippen LogP contribution in [0.4, 0.5) is 5.82 Å². The third-order valence-electron chi connectivity index (χ3n) is 3.97. The van der Waals surface area contributed by atoms with Crippen LogP contribution in [-0.4, -0.2) is 27.0 Å². The molecular weight excluding hydrogens is 317 g/mol. The summed E-state index contributed by atoms with van der Waals surface area (Å²) in [6.45, 7) is 0. The van der Waals surface area contributed by atoms with Crippen LogP contribution < -0.4 is 5.32 Å². The number of allylic oxidation sites excluding steroid dienone is 2. The smallest absolute Gasteiger partial charge is 0.307 e. The van der Waals surface area contributed by atoms with Crippen molar-refractivity contribution in [1.82, 2.24) is 9.97 Å². The van der Waals surface area contributed by atoms with Crippen LogP contribution in [0.25, 0.3) is 0 Å². The number of hydrogen-bond donors (Lipinski definition) is 2. The number of carbonyl (C=O) groups is 2. The molecule has 2 aliphatic rings. The molecule has 2 aliphatic carbocycles. The minimum absolute atomic E-state index is 0.0520. The van der Waals surface area contributed by atoms with Gasteiger partial charge in [-0.3, -0.25) is 9.59 Å². The molecule has 0 saturated heterocycles. The van der Waals surface area contributed by atoms with Crippen LogP contribution in [0.3, 0.4) is 0 Å². The first-order valence-corrected chi connectivity index (χ1v) is 7.13. The van der Waals surface area contributed by atoms with Crippen LogP contribution in [0.5, 0.6) is 0 Å². The van der Waals surface area contributed by atoms with E-state index in [0.29, 0.717) is 6.42 Å². The second-order valence-electron chi connectivity index (χ2n) is 5.17. The fourth-order valence-corrected chi connectivity index (χ4v) is 3.59. The monoisotopic (exact) mass is 327 g/mol. The van der Waals surface area contributed by atoms with Crippen molar-refractivity contribution in [1.29, 1.82) is 0 Å². The van der Waals surface area contributed by atoms with Crippen LogP contribution >= 0.6 is 23.2 Å². The van der Waals surface area contributed by atoms with Crippen LogP contribution in [0.2, 0.25) is 10.4 Å². The van der Waals surface area contributed by atoms with E-state index >= 15 is 0 Å². The Morgan fingerprint density at radius 3 is 2.48 bits per heavy atom. The Bertz CT molecular complexity index is 629. The van der Waals surface area contributed by atoms with Gasteiger partial charge < -0.3 is 10.4 Å². The molecule has 1 heterocycles. The number of aliphatic carboxylic acids is 1. The van der Waals surface area contributed by atoms with Crippen molar-refractivity contribution in [3.8, 4) is 0 Å². The van der Waals surface area contributed by atoms with E-state index in [1.165, 1.54) is 6.07 Å². The number of aromatic nitrogens is 2. The van der Waals surface area contributed by atoms with Gasteiger partial charge in [0.05, 0.1) is 11.8 Å². The first-order chi connectivity index (χ1) is 9.95. The molecule has 0 aliphatic heterocycles. The topological polar surface area (TPSA) is 92.2 Å². The Morgan fingerprint density at radius 1 is 1.19 bits per heavy atom. The molecule has 3 rings (SSSR count). The minimum atomic E-state index is -0.953. The summed E-state index contributed by atoms with van der Waals surface area (Å²) in [5.41, 5.74) is 0. The number of nitrogens with zero attached hydrogens (tertiary/aromatic N) is 2. The van der Waals surface area contributed by atoms with Gasteiger partial charge in [-0.2, -0.15) is 0 Å². The fourth-order valence-electron chi connectivity index (χ4n) is 3.18. The number of nitrogens with one attached hydrogen (secondary N) is 1. The summed E-state index contributed by atoms with van der Waals surface area (Å²) in [5.74, 6) is -2.61. The summed E-state index contributed by atoms with van der Waals surface area (Å²) in [4.78, 5) is 31.3. The molecule has 1 saturated carbocycles. The maximum atomic E-state index is 12.4. The van der Waals surface area contributed by atoms with Crippen molar-refractivity contribution < 1.29 is 14.7 Å². The normalized spacial score (nSPS) is 29.6. The number of amides is 1. The van der Waals surface area contributed by atoms with Crippen molar-refractivity contribution in [2.24, 2.45) is 23.7 Å². The van der Waals surface area contributed by atoms with Gasteiger partial charge in [-0.25, -0.2) is 9.97 Å². The number of hydrogen-bond acceptors (Lipinski definition) is 4. The van der Waals surface area contributed by atoms with Crippen molar-refractivity contribution >= 4 is 40.9 Å². The second-order valence-corrected chi connectivity index (χ2v) is 5.90. The fraction of sp³-hybridized carbons (Fsp3) is 0.385. The number of halogens is 2. The number of carboxylic acids is 1. The van der Waals surface area contributed by atoms with E-state index in [4.69, 9.17) is 23.2 Å². The standard InChI is InChI=1S/C13H11Cl2N3O3/c14-7-4-8(18-13(15)16-7)17-11(19)9-5-1-2-6(3-5)10(9)12(20)21/h1-2,4-6,9-10H,3H2,(H,20,21)(H,16,17,18,19). The van der Waals surface area contributed by atoms with E-state index in [-0.39, 0.29) is 34.0 Å². The Balaban J connectivity index is 1.82. The van der Waals surface area contributed by atoms with Crippen LogP contribution in [0.1, 0.15) is 6.42 Å². The Labute approximate surface area is 130 Å². The van der Waals surface area contributed by atoms with E-state index in [2.05, 4.69) is 15.3 Å². The molecule has 2 N–H and O–H groups in total. The lowest BCUT2D eigenvalue weighted by Gasteiger charge is -2.23. The number of anilines is 1. The molecule has 2 bridgehead atoms. The molecule has 0 spiro atoms. The lowest BCUT2D eigenvalue weighted by Crippen LogP contribution is -2.36. The van der Waals surface area contributed by atoms with Gasteiger partial charge in [-0.15, -0.1) is 0 Å². The predicted octanol–water partition coefficient (Wildman–Crippen LogP) is 2.24. The van der Waals surface area contributed by atoms with Gasteiger partial charge in [0.25, 0.3) is 0 Å². The highest BCUT2D eigenvalue weighted by Crippen LogP contribution is 2.48. The molecule has 110 valence electrons. The molecule has 4 atom stereocenters. The molecule has 1 fully saturated rings. The average Bonchev–Trinajstić information content (AvgIpc) is 2.96. The molecule has 21 heavy (non-hydrogen) atoms. The van der Waals surface area contributed by atoms with Crippen LogP contribution in [-0.2, 0) is 9.59 Å². The summed E-state index contributed by atoms with van der Waals surface area (Å²) in [6, 6.07) is 1.37. The zero-order valence-corrected chi connectivity index (χ0v) is 12.2. The van der Waals surface area contributed by atoms with Gasteiger partial charge in [-0.1, -0.05) is 23.8 Å². The summed E-state index contributed by atoms with van der Waals surface area (Å²) < 4.78 is 0. The third-order valence-corrected chi connectivity index (χ3v) is 4.33. The molecule has 0 radical (unpaired) electrons. The van der Waals surface area contributed by atoms with Gasteiger partial charge in [-0.05, 0) is 29.9 Å². The number of fused-ring (bicyclic) bond motifs is 2. The van der Waals surface area contributed by atoms with Crippen LogP contribution in [0.15, 0.2) is 18.2 Å². The predicted molar refractivity (Wildman–Crippen MR) is 76.0 cm³/mol. The van der Waals surface area contributed by atoms with E-state index in [0.717, 1.165) is 0 Å². The molecule has 4 unspecified atom stereocenters. The van der Waals surface area contributed by atoms with Gasteiger partial charge in [0.1, 0.15) is 11.0 Å². The highest BCUT2D eigenvalue weighted by Gasteiger charge is 2.51. The Kier molecular flexibility index (Phi) is 3.59. The lowest BCUT2D eigenvalue weighted by molar-refractivity contribution is -0.146. The summed E-state index contributed by atoms with van der Waals surface area (Å²) in [7, 11) is 0. The molecular formula is C13H11Cl2N3O3. The second kappa shape index (κ2) is 5.27. The van der Waals surface area contributed by atoms with Gasteiger partial charge in [0, 0.05) is 6.07 Å². The molecule has 1 aromatic heterocycles. The van der Waals surface area contributed by atoms with Crippen molar-refractivity contribution in [3.63, 3.8) is 0 Å². The van der Waals surface area contributed by atoms with E-state index < -0.39 is 17.8 Å². The zero-order chi connectivity index (χ0) is 15.1. The zero-order valence-electron chi connectivity index (χ0n) is 10.7. The summed E-state index contributed by atoms with van der Waals surface area (Å²) >= 11 is 11.4. The molecule has 1 amide bonds. The first kappa shape index (κ1) is 14.3. The van der Waals surface area contributed by atoms with E-state index in [1.54, 1.807) is 0 Å². The van der Waals surface area contributed by atoms with E-state index in [1.807, 2.05) is 12.2 Å². The van der Waals surface area contributed by atoms with Gasteiger partial charge in [0.15, 0.2) is 0 Å². The summed E-state index contributed by atoms with van der Waals surface area (Å²) in [5, 5.41) is 11.9. The van der Waals surface area contributed by atoms with Gasteiger partial charge in [0.2, 0.25) is 11.2 Å². The van der Waals surface area contributed by atoms with Crippen molar-refractivity contribution in [2.45, 2.75) is 6.42 Å². The average molecular weight is 328 g/mol.